The molecule has 0 saturated carbocycles. The number of carbonyl (C=O) groups excluding carboxylic acids is 1. The Bertz CT molecular complexity index is 690. The lowest BCUT2D eigenvalue weighted by Crippen LogP contribution is -2.27. The van der Waals surface area contributed by atoms with E-state index in [9.17, 15) is 18.0 Å². The van der Waals surface area contributed by atoms with Gasteiger partial charge in [0.2, 0.25) is 0 Å². The second-order valence-electron chi connectivity index (χ2n) is 5.67. The van der Waals surface area contributed by atoms with Crippen LogP contribution in [0.15, 0.2) is 30.7 Å². The Labute approximate surface area is 130 Å². The zero-order chi connectivity index (χ0) is 17.3. The molecule has 0 aliphatic heterocycles. The van der Waals surface area contributed by atoms with E-state index in [2.05, 4.69) is 15.4 Å². The third-order valence-electron chi connectivity index (χ3n) is 2.53. The van der Waals surface area contributed by atoms with Gasteiger partial charge in [0.15, 0.2) is 5.69 Å². The fourth-order valence-electron chi connectivity index (χ4n) is 1.71. The first-order chi connectivity index (χ1) is 10.6. The average Bonchev–Trinajstić information content (AvgIpc) is 2.81. The van der Waals surface area contributed by atoms with Crippen LogP contribution in [-0.2, 0) is 10.9 Å². The lowest BCUT2D eigenvalue weighted by molar-refractivity contribution is -0.140. The molecule has 1 N–H and O–H groups in total. The van der Waals surface area contributed by atoms with Gasteiger partial charge in [-0.3, -0.25) is 10.3 Å². The summed E-state index contributed by atoms with van der Waals surface area (Å²) in [5.41, 5.74) is -2.21. The Kier molecular flexibility index (Phi) is 4.31. The van der Waals surface area contributed by atoms with Gasteiger partial charge in [-0.05, 0) is 32.9 Å². The molecular formula is C14H15F3N4O2. The number of anilines is 1. The third-order valence-corrected chi connectivity index (χ3v) is 2.53. The summed E-state index contributed by atoms with van der Waals surface area (Å²) in [6.07, 6.45) is -1.82. The van der Waals surface area contributed by atoms with Crippen molar-refractivity contribution in [1.82, 2.24) is 14.8 Å². The first-order valence-electron chi connectivity index (χ1n) is 6.63. The zero-order valence-corrected chi connectivity index (χ0v) is 12.7. The largest absolute Gasteiger partial charge is 0.444 e. The van der Waals surface area contributed by atoms with Crippen LogP contribution in [0, 0.1) is 0 Å². The van der Waals surface area contributed by atoms with Crippen molar-refractivity contribution in [3.8, 4) is 5.69 Å². The van der Waals surface area contributed by atoms with E-state index < -0.39 is 29.3 Å². The van der Waals surface area contributed by atoms with Crippen LogP contribution in [-0.4, -0.2) is 26.5 Å². The number of amides is 1. The maximum Gasteiger partial charge on any atom is 0.437 e. The number of ether oxygens (including phenoxy) is 1. The molecule has 2 heterocycles. The topological polar surface area (TPSA) is 69.0 Å². The molecule has 1 amide bonds. The summed E-state index contributed by atoms with van der Waals surface area (Å²) in [5, 5.41) is 5.56. The number of hydrogen-bond acceptors (Lipinski definition) is 4. The second kappa shape index (κ2) is 5.90. The molecule has 0 saturated heterocycles. The van der Waals surface area contributed by atoms with E-state index in [0.717, 1.165) is 10.9 Å². The van der Waals surface area contributed by atoms with Crippen LogP contribution in [0.2, 0.25) is 0 Å². The lowest BCUT2D eigenvalue weighted by atomic mass is 10.2. The molecule has 23 heavy (non-hydrogen) atoms. The SMILES string of the molecule is CC(C)(C)OC(=O)Nc1cn(-c2cccnc2)nc1C(F)(F)F. The summed E-state index contributed by atoms with van der Waals surface area (Å²) in [6, 6.07) is 3.10. The van der Waals surface area contributed by atoms with Crippen LogP contribution in [0.4, 0.5) is 23.7 Å². The minimum absolute atomic E-state index is 0.329. The smallest absolute Gasteiger partial charge is 0.437 e. The molecule has 0 radical (unpaired) electrons. The summed E-state index contributed by atoms with van der Waals surface area (Å²) < 4.78 is 45.2. The standard InChI is InChI=1S/C14H15F3N4O2/c1-13(2,3)23-12(22)19-10-8-21(9-5-4-6-18-7-9)20-11(10)14(15,16)17/h4-8H,1-3H3,(H,19,22). The fourth-order valence-corrected chi connectivity index (χ4v) is 1.71. The van der Waals surface area contributed by atoms with Crippen molar-refractivity contribution in [3.05, 3.63) is 36.4 Å². The van der Waals surface area contributed by atoms with Crippen molar-refractivity contribution < 1.29 is 22.7 Å². The minimum atomic E-state index is -4.72. The first-order valence-corrected chi connectivity index (χ1v) is 6.63. The number of hydrogen-bond donors (Lipinski definition) is 1. The van der Waals surface area contributed by atoms with Crippen molar-refractivity contribution in [2.24, 2.45) is 0 Å². The number of carbonyl (C=O) groups is 1. The van der Waals surface area contributed by atoms with Crippen LogP contribution >= 0.6 is 0 Å². The molecule has 0 aliphatic rings. The molecule has 2 rings (SSSR count). The molecule has 0 unspecified atom stereocenters. The summed E-state index contributed by atoms with van der Waals surface area (Å²) >= 11 is 0. The maximum absolute atomic E-state index is 13.1. The fraction of sp³-hybridized carbons (Fsp3) is 0.357. The lowest BCUT2D eigenvalue weighted by Gasteiger charge is -2.19. The number of alkyl halides is 3. The van der Waals surface area contributed by atoms with E-state index in [1.807, 2.05) is 0 Å². The highest BCUT2D eigenvalue weighted by Gasteiger charge is 2.38. The molecule has 9 heteroatoms. The molecular weight excluding hydrogens is 313 g/mol. The summed E-state index contributed by atoms with van der Waals surface area (Å²) in [5.74, 6) is 0. The van der Waals surface area contributed by atoms with E-state index >= 15 is 0 Å². The monoisotopic (exact) mass is 328 g/mol. The summed E-state index contributed by atoms with van der Waals surface area (Å²) in [6.45, 7) is 4.82. The predicted octanol–water partition coefficient (Wildman–Crippen LogP) is 3.63. The average molecular weight is 328 g/mol. The zero-order valence-electron chi connectivity index (χ0n) is 12.7. The van der Waals surface area contributed by atoms with E-state index in [1.165, 1.54) is 18.5 Å². The molecule has 0 bridgehead atoms. The van der Waals surface area contributed by atoms with Crippen LogP contribution in [0.5, 0.6) is 0 Å². The molecule has 0 spiro atoms. The molecule has 0 aromatic carbocycles. The number of nitrogens with one attached hydrogen (secondary N) is 1. The van der Waals surface area contributed by atoms with Gasteiger partial charge in [0, 0.05) is 6.20 Å². The number of rotatable bonds is 2. The first kappa shape index (κ1) is 16.8. The Hall–Kier alpha value is -2.58. The number of halogens is 3. The minimum Gasteiger partial charge on any atom is -0.444 e. The van der Waals surface area contributed by atoms with Crippen LogP contribution < -0.4 is 5.32 Å². The molecule has 2 aromatic rings. The van der Waals surface area contributed by atoms with E-state index in [1.54, 1.807) is 26.8 Å². The van der Waals surface area contributed by atoms with Gasteiger partial charge in [0.25, 0.3) is 0 Å². The molecule has 0 fully saturated rings. The quantitative estimate of drug-likeness (QED) is 0.914. The van der Waals surface area contributed by atoms with Gasteiger partial charge in [-0.2, -0.15) is 18.3 Å². The van der Waals surface area contributed by atoms with Gasteiger partial charge < -0.3 is 4.74 Å². The Balaban J connectivity index is 2.34. The van der Waals surface area contributed by atoms with Gasteiger partial charge >= 0.3 is 12.3 Å². The number of aromatic nitrogens is 3. The summed E-state index contributed by atoms with van der Waals surface area (Å²) in [7, 11) is 0. The molecule has 124 valence electrons. The van der Waals surface area contributed by atoms with Crippen molar-refractivity contribution >= 4 is 11.8 Å². The Morgan fingerprint density at radius 2 is 2.00 bits per heavy atom. The van der Waals surface area contributed by atoms with E-state index in [0.29, 0.717) is 5.69 Å². The van der Waals surface area contributed by atoms with Crippen LogP contribution in [0.25, 0.3) is 5.69 Å². The van der Waals surface area contributed by atoms with Gasteiger partial charge in [-0.25, -0.2) is 9.48 Å². The highest BCUT2D eigenvalue weighted by molar-refractivity contribution is 5.85. The summed E-state index contributed by atoms with van der Waals surface area (Å²) in [4.78, 5) is 15.5. The highest BCUT2D eigenvalue weighted by Crippen LogP contribution is 2.34. The second-order valence-corrected chi connectivity index (χ2v) is 5.67. The van der Waals surface area contributed by atoms with Crippen LogP contribution in [0.3, 0.4) is 0 Å². The Morgan fingerprint density at radius 3 is 2.52 bits per heavy atom. The van der Waals surface area contributed by atoms with Crippen molar-refractivity contribution in [1.29, 1.82) is 0 Å². The van der Waals surface area contributed by atoms with Gasteiger partial charge in [0.05, 0.1) is 23.8 Å². The Morgan fingerprint density at radius 1 is 1.30 bits per heavy atom. The van der Waals surface area contributed by atoms with Gasteiger partial charge in [0.1, 0.15) is 5.60 Å². The molecule has 0 atom stereocenters. The van der Waals surface area contributed by atoms with Crippen molar-refractivity contribution in [3.63, 3.8) is 0 Å². The molecule has 0 aliphatic carbocycles. The van der Waals surface area contributed by atoms with Gasteiger partial charge in [-0.1, -0.05) is 0 Å². The molecule has 6 nitrogen and oxygen atoms in total. The van der Waals surface area contributed by atoms with Crippen molar-refractivity contribution in [2.75, 3.05) is 5.32 Å². The third kappa shape index (κ3) is 4.44. The van der Waals surface area contributed by atoms with Crippen LogP contribution in [0.1, 0.15) is 26.5 Å². The maximum atomic E-state index is 13.1. The highest BCUT2D eigenvalue weighted by atomic mass is 19.4. The molecule has 2 aromatic heterocycles. The normalized spacial score (nSPS) is 12.1. The van der Waals surface area contributed by atoms with E-state index in [-0.39, 0.29) is 0 Å². The predicted molar refractivity (Wildman–Crippen MR) is 76.2 cm³/mol. The van der Waals surface area contributed by atoms with Crippen molar-refractivity contribution in [2.45, 2.75) is 32.5 Å². The van der Waals surface area contributed by atoms with E-state index in [4.69, 9.17) is 4.74 Å². The number of pyridine rings is 1. The van der Waals surface area contributed by atoms with Gasteiger partial charge in [-0.15, -0.1) is 0 Å². The number of nitrogens with zero attached hydrogens (tertiary/aromatic N) is 3.